The van der Waals surface area contributed by atoms with E-state index in [9.17, 15) is 4.79 Å². The van der Waals surface area contributed by atoms with E-state index in [0.29, 0.717) is 37.8 Å². The molecule has 2 aromatic rings. The van der Waals surface area contributed by atoms with Crippen molar-refractivity contribution in [1.82, 2.24) is 20.9 Å². The maximum absolute atomic E-state index is 11.9. The summed E-state index contributed by atoms with van der Waals surface area (Å²) >= 11 is 0. The third kappa shape index (κ3) is 7.35. The molecular weight excluding hydrogens is 334 g/mol. The molecule has 2 heterocycles. The third-order valence-corrected chi connectivity index (χ3v) is 3.43. The lowest BCUT2D eigenvalue weighted by molar-refractivity contribution is 0.0954. The Morgan fingerprint density at radius 3 is 2.77 bits per heavy atom. The van der Waals surface area contributed by atoms with Crippen LogP contribution in [0, 0.1) is 0 Å². The van der Waals surface area contributed by atoms with Gasteiger partial charge in [-0.15, -0.1) is 0 Å². The van der Waals surface area contributed by atoms with E-state index in [2.05, 4.69) is 25.9 Å². The van der Waals surface area contributed by atoms with Crippen molar-refractivity contribution in [2.24, 2.45) is 4.99 Å². The quantitative estimate of drug-likeness (QED) is 0.335. The minimum atomic E-state index is -0.142. The second-order valence-electron chi connectivity index (χ2n) is 5.41. The Balaban J connectivity index is 1.50. The average Bonchev–Trinajstić information content (AvgIpc) is 3.20. The smallest absolute Gasteiger partial charge is 0.252 e. The summed E-state index contributed by atoms with van der Waals surface area (Å²) in [5.74, 6) is 1.37. The summed E-state index contributed by atoms with van der Waals surface area (Å²) in [7, 11) is 1.71. The zero-order chi connectivity index (χ0) is 18.5. The van der Waals surface area contributed by atoms with Gasteiger partial charge in [-0.3, -0.25) is 14.8 Å². The molecule has 0 fully saturated rings. The Morgan fingerprint density at radius 1 is 1.19 bits per heavy atom. The Morgan fingerprint density at radius 2 is 2.04 bits per heavy atom. The minimum Gasteiger partial charge on any atom is -0.467 e. The molecule has 0 aliphatic carbocycles. The van der Waals surface area contributed by atoms with Gasteiger partial charge < -0.3 is 25.1 Å². The number of furan rings is 1. The topological polar surface area (TPSA) is 101 Å². The van der Waals surface area contributed by atoms with Crippen LogP contribution in [0.15, 0.2) is 52.3 Å². The van der Waals surface area contributed by atoms with Crippen LogP contribution in [0.5, 0.6) is 0 Å². The normalized spacial score (nSPS) is 11.2. The van der Waals surface area contributed by atoms with Gasteiger partial charge >= 0.3 is 0 Å². The molecule has 2 aromatic heterocycles. The maximum Gasteiger partial charge on any atom is 0.252 e. The van der Waals surface area contributed by atoms with Gasteiger partial charge in [-0.1, -0.05) is 0 Å². The molecule has 0 aromatic carbocycles. The Hall–Kier alpha value is -2.87. The van der Waals surface area contributed by atoms with Gasteiger partial charge in [0, 0.05) is 45.7 Å². The van der Waals surface area contributed by atoms with Crippen LogP contribution in [-0.4, -0.2) is 50.1 Å². The maximum atomic E-state index is 11.9. The summed E-state index contributed by atoms with van der Waals surface area (Å²) in [4.78, 5) is 19.9. The monoisotopic (exact) mass is 359 g/mol. The number of carbonyl (C=O) groups is 1. The molecule has 3 N–H and O–H groups in total. The molecule has 2 rings (SSSR count). The molecule has 0 bridgehead atoms. The second-order valence-corrected chi connectivity index (χ2v) is 5.41. The van der Waals surface area contributed by atoms with Crippen LogP contribution in [-0.2, 0) is 11.3 Å². The van der Waals surface area contributed by atoms with E-state index in [1.165, 1.54) is 6.20 Å². The van der Waals surface area contributed by atoms with E-state index in [1.807, 2.05) is 12.1 Å². The molecule has 1 amide bonds. The largest absolute Gasteiger partial charge is 0.467 e. The molecule has 0 unspecified atom stereocenters. The highest BCUT2D eigenvalue weighted by atomic mass is 16.5. The van der Waals surface area contributed by atoms with E-state index in [-0.39, 0.29) is 5.91 Å². The van der Waals surface area contributed by atoms with Gasteiger partial charge in [0.25, 0.3) is 5.91 Å². The van der Waals surface area contributed by atoms with Crippen molar-refractivity contribution in [3.8, 4) is 0 Å². The van der Waals surface area contributed by atoms with Crippen LogP contribution in [0.4, 0.5) is 0 Å². The lowest BCUT2D eigenvalue weighted by Gasteiger charge is -2.12. The molecule has 0 radical (unpaired) electrons. The number of carbonyl (C=O) groups excluding carboxylic acids is 1. The fourth-order valence-electron chi connectivity index (χ4n) is 2.13. The van der Waals surface area contributed by atoms with E-state index in [1.54, 1.807) is 31.6 Å². The van der Waals surface area contributed by atoms with Gasteiger partial charge in [-0.25, -0.2) is 0 Å². The first kappa shape index (κ1) is 19.5. The predicted molar refractivity (Wildman–Crippen MR) is 98.9 cm³/mol. The van der Waals surface area contributed by atoms with Crippen molar-refractivity contribution < 1.29 is 13.9 Å². The molecule has 140 valence electrons. The first-order valence-electron chi connectivity index (χ1n) is 8.52. The van der Waals surface area contributed by atoms with Crippen molar-refractivity contribution in [3.63, 3.8) is 0 Å². The summed E-state index contributed by atoms with van der Waals surface area (Å²) in [6.45, 7) is 2.91. The summed E-state index contributed by atoms with van der Waals surface area (Å²) in [6.07, 6.45) is 5.65. The summed E-state index contributed by atoms with van der Waals surface area (Å²) in [5, 5.41) is 9.16. The highest BCUT2D eigenvalue weighted by Gasteiger charge is 2.04. The number of hydrogen-bond acceptors (Lipinski definition) is 5. The standard InChI is InChI=1S/C18H25N5O3/c1-19-18(22-8-4-11-25-14-16-6-3-12-26-16)23-10-9-21-17(24)15-5-2-7-20-13-15/h2-3,5-7,12-13H,4,8-11,14H2,1H3,(H,21,24)(H2,19,22,23). The number of ether oxygens (including phenoxy) is 1. The zero-order valence-electron chi connectivity index (χ0n) is 14.9. The van der Waals surface area contributed by atoms with Crippen LogP contribution in [0.25, 0.3) is 0 Å². The van der Waals surface area contributed by atoms with Crippen molar-refractivity contribution >= 4 is 11.9 Å². The molecule has 0 atom stereocenters. The van der Waals surface area contributed by atoms with Crippen molar-refractivity contribution in [3.05, 3.63) is 54.2 Å². The Bertz CT molecular complexity index is 659. The van der Waals surface area contributed by atoms with E-state index in [4.69, 9.17) is 9.15 Å². The summed E-state index contributed by atoms with van der Waals surface area (Å²) in [5.41, 5.74) is 0.546. The van der Waals surface area contributed by atoms with Crippen molar-refractivity contribution in [2.45, 2.75) is 13.0 Å². The first-order chi connectivity index (χ1) is 12.8. The highest BCUT2D eigenvalue weighted by molar-refractivity contribution is 5.93. The lowest BCUT2D eigenvalue weighted by atomic mass is 10.3. The number of pyridine rings is 1. The first-order valence-corrected chi connectivity index (χ1v) is 8.52. The van der Waals surface area contributed by atoms with Crippen LogP contribution >= 0.6 is 0 Å². The van der Waals surface area contributed by atoms with E-state index in [0.717, 1.165) is 18.7 Å². The second kappa shape index (κ2) is 11.6. The van der Waals surface area contributed by atoms with Crippen LogP contribution in [0.1, 0.15) is 22.5 Å². The highest BCUT2D eigenvalue weighted by Crippen LogP contribution is 2.01. The number of nitrogens with one attached hydrogen (secondary N) is 3. The summed E-state index contributed by atoms with van der Waals surface area (Å²) < 4.78 is 10.7. The van der Waals surface area contributed by atoms with E-state index < -0.39 is 0 Å². The molecule has 0 saturated carbocycles. The molecule has 0 aliphatic heterocycles. The zero-order valence-corrected chi connectivity index (χ0v) is 14.9. The molecule has 0 aliphatic rings. The minimum absolute atomic E-state index is 0.142. The number of amides is 1. The van der Waals surface area contributed by atoms with Gasteiger partial charge in [0.05, 0.1) is 11.8 Å². The van der Waals surface area contributed by atoms with E-state index >= 15 is 0 Å². The van der Waals surface area contributed by atoms with Crippen LogP contribution < -0.4 is 16.0 Å². The summed E-state index contributed by atoms with van der Waals surface area (Å²) in [6, 6.07) is 7.19. The molecule has 26 heavy (non-hydrogen) atoms. The molecule has 0 spiro atoms. The average molecular weight is 359 g/mol. The fraction of sp³-hybridized carbons (Fsp3) is 0.389. The molecule has 8 nitrogen and oxygen atoms in total. The van der Waals surface area contributed by atoms with Gasteiger partial charge in [-0.05, 0) is 30.7 Å². The molecule has 8 heteroatoms. The third-order valence-electron chi connectivity index (χ3n) is 3.43. The van der Waals surface area contributed by atoms with Crippen LogP contribution in [0.3, 0.4) is 0 Å². The molecule has 0 saturated heterocycles. The lowest BCUT2D eigenvalue weighted by Crippen LogP contribution is -2.42. The Labute approximate surface area is 153 Å². The Kier molecular flexibility index (Phi) is 8.71. The van der Waals surface area contributed by atoms with Crippen molar-refractivity contribution in [2.75, 3.05) is 33.3 Å². The van der Waals surface area contributed by atoms with Gasteiger partial charge in [0.1, 0.15) is 12.4 Å². The SMILES string of the molecule is CN=C(NCCCOCc1ccco1)NCCNC(=O)c1cccnc1. The number of aliphatic imine (C=N–C) groups is 1. The predicted octanol–water partition coefficient (Wildman–Crippen LogP) is 1.18. The number of guanidine groups is 1. The van der Waals surface area contributed by atoms with Gasteiger partial charge in [0.2, 0.25) is 0 Å². The number of hydrogen-bond donors (Lipinski definition) is 3. The van der Waals surface area contributed by atoms with Crippen LogP contribution in [0.2, 0.25) is 0 Å². The number of rotatable bonds is 10. The van der Waals surface area contributed by atoms with Gasteiger partial charge in [-0.2, -0.15) is 0 Å². The van der Waals surface area contributed by atoms with Crippen molar-refractivity contribution in [1.29, 1.82) is 0 Å². The molecular formula is C18H25N5O3. The fourth-order valence-corrected chi connectivity index (χ4v) is 2.13. The number of aromatic nitrogens is 1. The van der Waals surface area contributed by atoms with Gasteiger partial charge in [0.15, 0.2) is 5.96 Å². The number of nitrogens with zero attached hydrogens (tertiary/aromatic N) is 2.